The van der Waals surface area contributed by atoms with Gasteiger partial charge < -0.3 is 4.74 Å². The quantitative estimate of drug-likeness (QED) is 0.496. The van der Waals surface area contributed by atoms with Crippen LogP contribution in [0, 0.1) is 0 Å². The first-order valence-corrected chi connectivity index (χ1v) is 10.3. The van der Waals surface area contributed by atoms with E-state index in [1.807, 2.05) is 54.6 Å². The van der Waals surface area contributed by atoms with E-state index in [0.29, 0.717) is 11.6 Å². The number of fused-ring (bicyclic) bond motifs is 3. The minimum atomic E-state index is -0.00324. The van der Waals surface area contributed by atoms with E-state index in [9.17, 15) is 4.79 Å². The molecule has 2 heterocycles. The van der Waals surface area contributed by atoms with E-state index in [2.05, 4.69) is 0 Å². The van der Waals surface area contributed by atoms with Crippen LogP contribution in [0.4, 0.5) is 0 Å². The normalized spacial score (nSPS) is 13.5. The standard InChI is InChI=1S/C23H20N2O2S/c1-27-17-11-7-10-16(14-17)25-22(15-8-3-2-4-9-15)24-20-18-12-5-6-13-19(18)28-21(20)23(25)26/h2-4,7-11,14H,5-6,12-13H2,1H3. The molecular formula is C23H20N2O2S. The highest BCUT2D eigenvalue weighted by Gasteiger charge is 2.23. The first-order chi connectivity index (χ1) is 13.8. The molecule has 4 aromatic rings. The Bertz CT molecular complexity index is 1220. The van der Waals surface area contributed by atoms with Crippen molar-refractivity contribution in [3.05, 3.63) is 75.4 Å². The molecule has 1 aliphatic rings. The molecule has 0 amide bonds. The minimum absolute atomic E-state index is 0.00324. The Balaban J connectivity index is 1.87. The molecule has 0 spiro atoms. The molecule has 0 saturated carbocycles. The Morgan fingerprint density at radius 2 is 1.86 bits per heavy atom. The molecule has 0 fully saturated rings. The Kier molecular flexibility index (Phi) is 4.24. The maximum atomic E-state index is 13.6. The van der Waals surface area contributed by atoms with E-state index in [1.54, 1.807) is 23.0 Å². The predicted molar refractivity (Wildman–Crippen MR) is 114 cm³/mol. The topological polar surface area (TPSA) is 44.1 Å². The van der Waals surface area contributed by atoms with E-state index in [-0.39, 0.29) is 5.56 Å². The molecule has 140 valence electrons. The molecule has 0 atom stereocenters. The SMILES string of the molecule is COc1cccc(-n2c(-c3ccccc3)nc3c4c(sc3c2=O)CCCC4)c1. The number of rotatable bonds is 3. The Labute approximate surface area is 167 Å². The minimum Gasteiger partial charge on any atom is -0.497 e. The summed E-state index contributed by atoms with van der Waals surface area (Å²) in [4.78, 5) is 20.0. The molecule has 28 heavy (non-hydrogen) atoms. The third kappa shape index (κ3) is 2.74. The zero-order chi connectivity index (χ0) is 19.1. The van der Waals surface area contributed by atoms with Crippen molar-refractivity contribution >= 4 is 21.6 Å². The maximum Gasteiger partial charge on any atom is 0.276 e. The Hall–Kier alpha value is -2.92. The number of thiophene rings is 1. The molecule has 5 rings (SSSR count). The molecule has 0 radical (unpaired) electrons. The lowest BCUT2D eigenvalue weighted by Gasteiger charge is -2.14. The van der Waals surface area contributed by atoms with Gasteiger partial charge in [0.2, 0.25) is 0 Å². The summed E-state index contributed by atoms with van der Waals surface area (Å²) in [5.41, 5.74) is 3.86. The van der Waals surface area contributed by atoms with Gasteiger partial charge in [-0.3, -0.25) is 9.36 Å². The van der Waals surface area contributed by atoms with Crippen molar-refractivity contribution in [2.75, 3.05) is 7.11 Å². The van der Waals surface area contributed by atoms with Crippen LogP contribution in [0.5, 0.6) is 5.75 Å². The fourth-order valence-electron chi connectivity index (χ4n) is 3.94. The van der Waals surface area contributed by atoms with Gasteiger partial charge >= 0.3 is 0 Å². The summed E-state index contributed by atoms with van der Waals surface area (Å²) < 4.78 is 7.87. The van der Waals surface area contributed by atoms with Gasteiger partial charge in [0.25, 0.3) is 5.56 Å². The van der Waals surface area contributed by atoms with Gasteiger partial charge in [-0.15, -0.1) is 11.3 Å². The third-order valence-corrected chi connectivity index (χ3v) is 6.58. The zero-order valence-corrected chi connectivity index (χ0v) is 16.5. The van der Waals surface area contributed by atoms with Crippen LogP contribution in [0.3, 0.4) is 0 Å². The Morgan fingerprint density at radius 1 is 1.04 bits per heavy atom. The molecule has 4 nitrogen and oxygen atoms in total. The van der Waals surface area contributed by atoms with Crippen molar-refractivity contribution in [2.24, 2.45) is 0 Å². The van der Waals surface area contributed by atoms with E-state index >= 15 is 0 Å². The molecule has 5 heteroatoms. The molecule has 0 N–H and O–H groups in total. The lowest BCUT2D eigenvalue weighted by atomic mass is 9.98. The van der Waals surface area contributed by atoms with Gasteiger partial charge in [0.15, 0.2) is 0 Å². The molecule has 0 unspecified atom stereocenters. The molecule has 0 aliphatic heterocycles. The number of hydrogen-bond acceptors (Lipinski definition) is 4. The van der Waals surface area contributed by atoms with Gasteiger partial charge in [-0.25, -0.2) is 4.98 Å². The average molecular weight is 388 g/mol. The zero-order valence-electron chi connectivity index (χ0n) is 15.6. The smallest absolute Gasteiger partial charge is 0.276 e. The summed E-state index contributed by atoms with van der Waals surface area (Å²) in [5, 5.41) is 0. The summed E-state index contributed by atoms with van der Waals surface area (Å²) >= 11 is 1.62. The molecule has 0 saturated heterocycles. The van der Waals surface area contributed by atoms with Crippen LogP contribution >= 0.6 is 11.3 Å². The number of aromatic nitrogens is 2. The van der Waals surface area contributed by atoms with Gasteiger partial charge in [0.05, 0.1) is 18.3 Å². The molecule has 1 aliphatic carbocycles. The summed E-state index contributed by atoms with van der Waals surface area (Å²) in [6.07, 6.45) is 4.42. The van der Waals surface area contributed by atoms with E-state index < -0.39 is 0 Å². The average Bonchev–Trinajstić information content (AvgIpc) is 3.13. The lowest BCUT2D eigenvalue weighted by molar-refractivity contribution is 0.414. The van der Waals surface area contributed by atoms with Crippen LogP contribution in [0.1, 0.15) is 23.3 Å². The summed E-state index contributed by atoms with van der Waals surface area (Å²) in [6, 6.07) is 17.5. The summed E-state index contributed by atoms with van der Waals surface area (Å²) in [7, 11) is 1.63. The first-order valence-electron chi connectivity index (χ1n) is 9.53. The van der Waals surface area contributed by atoms with Crippen LogP contribution in [0.25, 0.3) is 27.3 Å². The van der Waals surface area contributed by atoms with Crippen LogP contribution in [0.15, 0.2) is 59.4 Å². The van der Waals surface area contributed by atoms with Crippen molar-refractivity contribution in [1.29, 1.82) is 0 Å². The molecular weight excluding hydrogens is 368 g/mol. The largest absolute Gasteiger partial charge is 0.497 e. The number of ether oxygens (including phenoxy) is 1. The molecule has 0 bridgehead atoms. The monoisotopic (exact) mass is 388 g/mol. The highest BCUT2D eigenvalue weighted by molar-refractivity contribution is 7.19. The second-order valence-electron chi connectivity index (χ2n) is 7.03. The third-order valence-electron chi connectivity index (χ3n) is 5.31. The van der Waals surface area contributed by atoms with Crippen LogP contribution in [0.2, 0.25) is 0 Å². The van der Waals surface area contributed by atoms with Gasteiger partial charge in [-0.1, -0.05) is 36.4 Å². The first kappa shape index (κ1) is 17.2. The second kappa shape index (κ2) is 6.91. The van der Waals surface area contributed by atoms with Crippen LogP contribution in [-0.4, -0.2) is 16.7 Å². The number of hydrogen-bond donors (Lipinski definition) is 0. The fourth-order valence-corrected chi connectivity index (χ4v) is 5.19. The van der Waals surface area contributed by atoms with Gasteiger partial charge in [-0.05, 0) is 43.4 Å². The maximum absolute atomic E-state index is 13.6. The van der Waals surface area contributed by atoms with Crippen molar-refractivity contribution < 1.29 is 4.74 Å². The Morgan fingerprint density at radius 3 is 2.68 bits per heavy atom. The van der Waals surface area contributed by atoms with E-state index in [4.69, 9.17) is 9.72 Å². The van der Waals surface area contributed by atoms with Crippen molar-refractivity contribution in [3.8, 4) is 22.8 Å². The number of methoxy groups -OCH3 is 1. The van der Waals surface area contributed by atoms with Crippen molar-refractivity contribution in [3.63, 3.8) is 0 Å². The lowest BCUT2D eigenvalue weighted by Crippen LogP contribution is -2.21. The fraction of sp³-hybridized carbons (Fsp3) is 0.217. The molecule has 2 aromatic heterocycles. The van der Waals surface area contributed by atoms with Crippen LogP contribution in [-0.2, 0) is 12.8 Å². The summed E-state index contributed by atoms with van der Waals surface area (Å²) in [5.74, 6) is 1.39. The second-order valence-corrected chi connectivity index (χ2v) is 8.14. The van der Waals surface area contributed by atoms with Gasteiger partial charge in [0.1, 0.15) is 16.3 Å². The van der Waals surface area contributed by atoms with E-state index in [0.717, 1.165) is 34.3 Å². The highest BCUT2D eigenvalue weighted by Crippen LogP contribution is 2.35. The number of aryl methyl sites for hydroxylation is 2. The van der Waals surface area contributed by atoms with Crippen molar-refractivity contribution in [1.82, 2.24) is 9.55 Å². The highest BCUT2D eigenvalue weighted by atomic mass is 32.1. The molecule has 2 aromatic carbocycles. The van der Waals surface area contributed by atoms with Gasteiger partial charge in [-0.2, -0.15) is 0 Å². The van der Waals surface area contributed by atoms with Crippen molar-refractivity contribution in [2.45, 2.75) is 25.7 Å². The number of nitrogens with zero attached hydrogens (tertiary/aromatic N) is 2. The van der Waals surface area contributed by atoms with E-state index in [1.165, 1.54) is 23.3 Å². The predicted octanol–water partition coefficient (Wildman–Crippen LogP) is 5.00. The van der Waals surface area contributed by atoms with Crippen LogP contribution < -0.4 is 10.3 Å². The summed E-state index contributed by atoms with van der Waals surface area (Å²) in [6.45, 7) is 0. The number of benzene rings is 2. The van der Waals surface area contributed by atoms with Gasteiger partial charge in [0, 0.05) is 16.5 Å².